The molecule has 0 aliphatic heterocycles. The number of hydrogen-bond acceptors (Lipinski definition) is 7. The topological polar surface area (TPSA) is 64.6 Å². The summed E-state index contributed by atoms with van der Waals surface area (Å²) in [6.45, 7) is 2.01. The lowest BCUT2D eigenvalue weighted by atomic mass is 9.83. The van der Waals surface area contributed by atoms with Crippen molar-refractivity contribution in [2.45, 2.75) is 12.8 Å². The van der Waals surface area contributed by atoms with Crippen LogP contribution in [0.2, 0.25) is 0 Å². The highest BCUT2D eigenvalue weighted by Crippen LogP contribution is 2.48. The zero-order valence-corrected chi connectivity index (χ0v) is 21.0. The smallest absolute Gasteiger partial charge is 0.164 e. The van der Waals surface area contributed by atoms with Crippen molar-refractivity contribution in [1.82, 2.24) is 0 Å². The summed E-state index contributed by atoms with van der Waals surface area (Å²) in [6, 6.07) is 13.6. The van der Waals surface area contributed by atoms with Gasteiger partial charge >= 0.3 is 0 Å². The minimum absolute atomic E-state index is 0.297. The van der Waals surface area contributed by atoms with Crippen molar-refractivity contribution in [3.63, 3.8) is 0 Å². The average molecular weight is 469 g/mol. The third-order valence-corrected chi connectivity index (χ3v) is 5.85. The van der Waals surface area contributed by atoms with Gasteiger partial charge in [0.15, 0.2) is 23.0 Å². The van der Waals surface area contributed by atoms with Crippen LogP contribution in [0.15, 0.2) is 42.5 Å². The van der Waals surface area contributed by atoms with E-state index >= 15 is 0 Å². The van der Waals surface area contributed by atoms with Crippen molar-refractivity contribution >= 4 is 0 Å². The highest BCUT2D eigenvalue weighted by Gasteiger charge is 2.28. The molecule has 3 aromatic rings. The Labute approximate surface area is 201 Å². The van der Waals surface area contributed by atoms with E-state index in [-0.39, 0.29) is 5.92 Å². The largest absolute Gasteiger partial charge is 0.496 e. The van der Waals surface area contributed by atoms with Gasteiger partial charge in [-0.1, -0.05) is 12.1 Å². The summed E-state index contributed by atoms with van der Waals surface area (Å²) >= 11 is 0. The van der Waals surface area contributed by atoms with Gasteiger partial charge in [0.05, 0.1) is 49.8 Å². The van der Waals surface area contributed by atoms with Gasteiger partial charge < -0.3 is 33.2 Å². The van der Waals surface area contributed by atoms with Gasteiger partial charge in [-0.25, -0.2) is 0 Å². The highest BCUT2D eigenvalue weighted by atomic mass is 16.5. The van der Waals surface area contributed by atoms with Crippen LogP contribution in [-0.4, -0.2) is 49.8 Å². The molecule has 3 rings (SSSR count). The van der Waals surface area contributed by atoms with Gasteiger partial charge in [-0.05, 0) is 36.2 Å². The Bertz CT molecular complexity index is 1080. The normalized spacial score (nSPS) is 10.6. The fourth-order valence-electron chi connectivity index (χ4n) is 4.16. The molecule has 0 N–H and O–H groups in total. The number of methoxy groups -OCH3 is 7. The Morgan fingerprint density at radius 1 is 0.441 bits per heavy atom. The summed E-state index contributed by atoms with van der Waals surface area (Å²) < 4.78 is 39.3. The highest BCUT2D eigenvalue weighted by molar-refractivity contribution is 5.62. The standard InChI is InChI=1S/C27H32O7/c1-16-11-17(9-10-20(16)28-2)27(18-12-23(31-5)25(33-7)14-21(18)29-3)19-13-24(32-6)26(34-8)15-22(19)30-4/h9-15,27H,1-8H3. The van der Waals surface area contributed by atoms with Crippen LogP contribution in [0.25, 0.3) is 0 Å². The van der Waals surface area contributed by atoms with E-state index in [0.717, 1.165) is 28.0 Å². The molecule has 0 aliphatic rings. The van der Waals surface area contributed by atoms with E-state index in [1.807, 2.05) is 43.3 Å². The molecule has 0 aromatic heterocycles. The Hall–Kier alpha value is -3.74. The summed E-state index contributed by atoms with van der Waals surface area (Å²) in [5.41, 5.74) is 3.75. The van der Waals surface area contributed by atoms with Crippen LogP contribution in [0, 0.1) is 6.92 Å². The van der Waals surface area contributed by atoms with E-state index in [1.54, 1.807) is 49.8 Å². The van der Waals surface area contributed by atoms with Crippen molar-refractivity contribution in [3.8, 4) is 40.2 Å². The summed E-state index contributed by atoms with van der Waals surface area (Å²) in [6.07, 6.45) is 0. The molecular formula is C27H32O7. The Kier molecular flexibility index (Phi) is 7.99. The molecule has 3 aromatic carbocycles. The molecule has 7 heteroatoms. The second-order valence-electron chi connectivity index (χ2n) is 7.56. The van der Waals surface area contributed by atoms with Crippen LogP contribution < -0.4 is 33.2 Å². The molecule has 0 saturated carbocycles. The number of benzene rings is 3. The maximum atomic E-state index is 5.80. The third-order valence-electron chi connectivity index (χ3n) is 5.85. The van der Waals surface area contributed by atoms with E-state index in [1.165, 1.54) is 0 Å². The van der Waals surface area contributed by atoms with Gasteiger partial charge in [0, 0.05) is 29.2 Å². The predicted molar refractivity (Wildman–Crippen MR) is 131 cm³/mol. The first-order valence-corrected chi connectivity index (χ1v) is 10.7. The SMILES string of the molecule is COc1ccc(C(c2cc(OC)c(OC)cc2OC)c2cc(OC)c(OC)cc2OC)cc1C. The third kappa shape index (κ3) is 4.64. The molecule has 0 bridgehead atoms. The summed E-state index contributed by atoms with van der Waals surface area (Å²) in [7, 11) is 11.3. The summed E-state index contributed by atoms with van der Waals surface area (Å²) in [5.74, 6) is 4.14. The number of ether oxygens (including phenoxy) is 7. The molecular weight excluding hydrogens is 436 g/mol. The van der Waals surface area contributed by atoms with E-state index in [2.05, 4.69) is 6.07 Å². The zero-order chi connectivity index (χ0) is 24.8. The monoisotopic (exact) mass is 468 g/mol. The van der Waals surface area contributed by atoms with Crippen LogP contribution in [0.4, 0.5) is 0 Å². The Morgan fingerprint density at radius 3 is 1.18 bits per heavy atom. The quantitative estimate of drug-likeness (QED) is 0.377. The van der Waals surface area contributed by atoms with Crippen molar-refractivity contribution in [2.24, 2.45) is 0 Å². The van der Waals surface area contributed by atoms with E-state index < -0.39 is 0 Å². The molecule has 0 radical (unpaired) electrons. The number of aryl methyl sites for hydroxylation is 1. The van der Waals surface area contributed by atoms with E-state index in [9.17, 15) is 0 Å². The van der Waals surface area contributed by atoms with Gasteiger partial charge in [-0.2, -0.15) is 0 Å². The zero-order valence-electron chi connectivity index (χ0n) is 21.0. The van der Waals surface area contributed by atoms with Crippen LogP contribution >= 0.6 is 0 Å². The van der Waals surface area contributed by atoms with Crippen LogP contribution in [0.3, 0.4) is 0 Å². The first-order chi connectivity index (χ1) is 16.5. The van der Waals surface area contributed by atoms with Crippen molar-refractivity contribution in [3.05, 3.63) is 64.7 Å². The lowest BCUT2D eigenvalue weighted by Crippen LogP contribution is -2.09. The minimum atomic E-state index is -0.297. The number of hydrogen-bond donors (Lipinski definition) is 0. The van der Waals surface area contributed by atoms with Gasteiger partial charge in [-0.3, -0.25) is 0 Å². The maximum absolute atomic E-state index is 5.80. The first kappa shape index (κ1) is 24.9. The Balaban J connectivity index is 2.39. The van der Waals surface area contributed by atoms with E-state index in [4.69, 9.17) is 33.2 Å². The molecule has 34 heavy (non-hydrogen) atoms. The molecule has 0 atom stereocenters. The van der Waals surface area contributed by atoms with Crippen molar-refractivity contribution in [1.29, 1.82) is 0 Å². The molecule has 0 heterocycles. The molecule has 0 saturated heterocycles. The summed E-state index contributed by atoms with van der Waals surface area (Å²) in [5, 5.41) is 0. The second kappa shape index (κ2) is 10.9. The molecule has 0 spiro atoms. The molecule has 0 fully saturated rings. The van der Waals surface area contributed by atoms with Crippen molar-refractivity contribution < 1.29 is 33.2 Å². The van der Waals surface area contributed by atoms with Gasteiger partial charge in [-0.15, -0.1) is 0 Å². The molecule has 182 valence electrons. The minimum Gasteiger partial charge on any atom is -0.496 e. The van der Waals surface area contributed by atoms with Gasteiger partial charge in [0.25, 0.3) is 0 Å². The number of rotatable bonds is 10. The maximum Gasteiger partial charge on any atom is 0.164 e. The van der Waals surface area contributed by atoms with Crippen molar-refractivity contribution in [2.75, 3.05) is 49.8 Å². The first-order valence-electron chi connectivity index (χ1n) is 10.7. The predicted octanol–water partition coefficient (Wildman–Crippen LogP) is 5.24. The summed E-state index contributed by atoms with van der Waals surface area (Å²) in [4.78, 5) is 0. The average Bonchev–Trinajstić information content (AvgIpc) is 2.88. The van der Waals surface area contributed by atoms with Crippen LogP contribution in [0.1, 0.15) is 28.2 Å². The molecule has 7 nitrogen and oxygen atoms in total. The molecule has 0 amide bonds. The van der Waals surface area contributed by atoms with Crippen LogP contribution in [-0.2, 0) is 0 Å². The fraction of sp³-hybridized carbons (Fsp3) is 0.333. The van der Waals surface area contributed by atoms with Gasteiger partial charge in [0.1, 0.15) is 17.2 Å². The van der Waals surface area contributed by atoms with Crippen LogP contribution in [0.5, 0.6) is 40.2 Å². The second-order valence-corrected chi connectivity index (χ2v) is 7.56. The van der Waals surface area contributed by atoms with Gasteiger partial charge in [0.2, 0.25) is 0 Å². The Morgan fingerprint density at radius 2 is 0.824 bits per heavy atom. The molecule has 0 aliphatic carbocycles. The fourth-order valence-corrected chi connectivity index (χ4v) is 4.16. The lowest BCUT2D eigenvalue weighted by molar-refractivity contribution is 0.345. The lowest BCUT2D eigenvalue weighted by Gasteiger charge is -2.26. The molecule has 0 unspecified atom stereocenters. The van der Waals surface area contributed by atoms with E-state index in [0.29, 0.717) is 34.5 Å².